The number of ether oxygens (including phenoxy) is 1. The Kier molecular flexibility index (Phi) is 6.16. The lowest BCUT2D eigenvalue weighted by Crippen LogP contribution is -2.45. The van der Waals surface area contributed by atoms with Gasteiger partial charge in [0.1, 0.15) is 0 Å². The van der Waals surface area contributed by atoms with Gasteiger partial charge in [0.15, 0.2) is 0 Å². The Bertz CT molecular complexity index is 179. The molecule has 0 heterocycles. The summed E-state index contributed by atoms with van der Waals surface area (Å²) in [5.74, 6) is 0. The van der Waals surface area contributed by atoms with Crippen molar-refractivity contribution in [1.29, 1.82) is 0 Å². The van der Waals surface area contributed by atoms with Gasteiger partial charge in [-0.2, -0.15) is 0 Å². The number of carbonyl (C=O) groups is 1. The highest BCUT2D eigenvalue weighted by Crippen LogP contribution is 2.16. The van der Waals surface area contributed by atoms with Crippen LogP contribution in [0.4, 0.5) is 4.79 Å². The summed E-state index contributed by atoms with van der Waals surface area (Å²) >= 11 is 0. The lowest BCUT2D eigenvalue weighted by molar-refractivity contribution is 0.136. The maximum atomic E-state index is 11.2. The van der Waals surface area contributed by atoms with Crippen LogP contribution in [0.5, 0.6) is 0 Å². The number of rotatable bonds is 5. The average molecular weight is 214 g/mol. The highest BCUT2D eigenvalue weighted by molar-refractivity contribution is 5.66. The number of unbranched alkanes of at least 4 members (excludes halogenated alkanes) is 1. The third kappa shape index (κ3) is 5.62. The molecule has 0 saturated heterocycles. The van der Waals surface area contributed by atoms with Crippen LogP contribution in [0.15, 0.2) is 0 Å². The van der Waals surface area contributed by atoms with Crippen LogP contribution in [0.1, 0.15) is 51.9 Å². The van der Waals surface area contributed by atoms with Crippen molar-refractivity contribution in [2.75, 3.05) is 6.61 Å². The van der Waals surface area contributed by atoms with Gasteiger partial charge < -0.3 is 4.74 Å². The van der Waals surface area contributed by atoms with E-state index in [1.165, 1.54) is 19.3 Å². The van der Waals surface area contributed by atoms with Gasteiger partial charge in [-0.05, 0) is 19.3 Å². The Hall–Kier alpha value is -0.770. The number of hydrazine groups is 1. The van der Waals surface area contributed by atoms with E-state index in [0.29, 0.717) is 12.6 Å². The summed E-state index contributed by atoms with van der Waals surface area (Å²) in [7, 11) is 0. The fourth-order valence-corrected chi connectivity index (χ4v) is 1.75. The molecule has 4 nitrogen and oxygen atoms in total. The topological polar surface area (TPSA) is 50.4 Å². The lowest BCUT2D eigenvalue weighted by atomic mass is 9.96. The molecule has 1 fully saturated rings. The molecule has 1 saturated carbocycles. The Morgan fingerprint density at radius 1 is 1.33 bits per heavy atom. The lowest BCUT2D eigenvalue weighted by Gasteiger charge is -2.22. The molecule has 2 N–H and O–H groups in total. The summed E-state index contributed by atoms with van der Waals surface area (Å²) < 4.78 is 4.96. The maximum Gasteiger partial charge on any atom is 0.421 e. The molecule has 1 aliphatic rings. The molecule has 1 aliphatic carbocycles. The monoisotopic (exact) mass is 214 g/mol. The van der Waals surface area contributed by atoms with E-state index in [1.807, 2.05) is 0 Å². The molecule has 0 atom stereocenters. The summed E-state index contributed by atoms with van der Waals surface area (Å²) in [6.07, 6.45) is 7.74. The minimum atomic E-state index is -0.353. The predicted octanol–water partition coefficient (Wildman–Crippen LogP) is 2.35. The second-order valence-electron chi connectivity index (χ2n) is 4.09. The van der Waals surface area contributed by atoms with Gasteiger partial charge in [0, 0.05) is 6.04 Å². The Morgan fingerprint density at radius 3 is 2.73 bits per heavy atom. The standard InChI is InChI=1S/C11H22N2O2/c1-2-3-9-15-11(14)13-12-10-7-5-4-6-8-10/h10,12H,2-9H2,1H3,(H,13,14). The molecule has 0 aliphatic heterocycles. The minimum Gasteiger partial charge on any atom is -0.449 e. The first kappa shape index (κ1) is 12.3. The van der Waals surface area contributed by atoms with Crippen LogP contribution in [0.3, 0.4) is 0 Å². The van der Waals surface area contributed by atoms with E-state index in [9.17, 15) is 4.79 Å². The van der Waals surface area contributed by atoms with Gasteiger partial charge in [-0.1, -0.05) is 32.6 Å². The molecule has 15 heavy (non-hydrogen) atoms. The largest absolute Gasteiger partial charge is 0.449 e. The zero-order valence-corrected chi connectivity index (χ0v) is 9.55. The highest BCUT2D eigenvalue weighted by atomic mass is 16.6. The van der Waals surface area contributed by atoms with Gasteiger partial charge in [-0.3, -0.25) is 5.43 Å². The molecule has 0 bridgehead atoms. The first-order chi connectivity index (χ1) is 7.33. The second kappa shape index (κ2) is 7.51. The molecule has 0 aromatic heterocycles. The average Bonchev–Trinajstić information content (AvgIpc) is 2.28. The van der Waals surface area contributed by atoms with E-state index >= 15 is 0 Å². The van der Waals surface area contributed by atoms with Gasteiger partial charge in [0.25, 0.3) is 0 Å². The van der Waals surface area contributed by atoms with E-state index in [0.717, 1.165) is 25.7 Å². The molecule has 0 unspecified atom stereocenters. The molecule has 1 amide bonds. The highest BCUT2D eigenvalue weighted by Gasteiger charge is 2.13. The molecule has 0 aromatic rings. The van der Waals surface area contributed by atoms with Crippen LogP contribution >= 0.6 is 0 Å². The van der Waals surface area contributed by atoms with Crippen LogP contribution in [0.25, 0.3) is 0 Å². The van der Waals surface area contributed by atoms with Crippen molar-refractivity contribution in [3.8, 4) is 0 Å². The van der Waals surface area contributed by atoms with Gasteiger partial charge in [-0.15, -0.1) is 0 Å². The van der Waals surface area contributed by atoms with Crippen LogP contribution in [0.2, 0.25) is 0 Å². The van der Waals surface area contributed by atoms with Crippen LogP contribution in [-0.2, 0) is 4.74 Å². The van der Waals surface area contributed by atoms with Crippen molar-refractivity contribution in [3.63, 3.8) is 0 Å². The Labute approximate surface area is 91.7 Å². The quantitative estimate of drug-likeness (QED) is 0.545. The molecule has 0 aromatic carbocycles. The van der Waals surface area contributed by atoms with Gasteiger partial charge >= 0.3 is 6.09 Å². The summed E-state index contributed by atoms with van der Waals surface area (Å²) in [5.41, 5.74) is 5.62. The van der Waals surface area contributed by atoms with Gasteiger partial charge in [-0.25, -0.2) is 10.2 Å². The molecule has 88 valence electrons. The zero-order valence-electron chi connectivity index (χ0n) is 9.55. The summed E-state index contributed by atoms with van der Waals surface area (Å²) in [6.45, 7) is 2.58. The predicted molar refractivity (Wildman–Crippen MR) is 59.4 cm³/mol. The number of hydrogen-bond donors (Lipinski definition) is 2. The fourth-order valence-electron chi connectivity index (χ4n) is 1.75. The Balaban J connectivity index is 2.00. The van der Waals surface area contributed by atoms with Crippen molar-refractivity contribution < 1.29 is 9.53 Å². The number of amides is 1. The van der Waals surface area contributed by atoms with E-state index in [4.69, 9.17) is 4.74 Å². The summed E-state index contributed by atoms with van der Waals surface area (Å²) in [4.78, 5) is 11.2. The Morgan fingerprint density at radius 2 is 2.07 bits per heavy atom. The number of nitrogens with one attached hydrogen (secondary N) is 2. The normalized spacial score (nSPS) is 17.4. The van der Waals surface area contributed by atoms with Crippen LogP contribution in [-0.4, -0.2) is 18.7 Å². The van der Waals surface area contributed by atoms with Crippen molar-refractivity contribution in [1.82, 2.24) is 10.9 Å². The molecule has 1 rings (SSSR count). The maximum absolute atomic E-state index is 11.2. The smallest absolute Gasteiger partial charge is 0.421 e. The molecule has 4 heteroatoms. The first-order valence-corrected chi connectivity index (χ1v) is 6.01. The number of hydrogen-bond acceptors (Lipinski definition) is 3. The third-order valence-electron chi connectivity index (χ3n) is 2.71. The van der Waals surface area contributed by atoms with Crippen LogP contribution < -0.4 is 10.9 Å². The fraction of sp³-hybridized carbons (Fsp3) is 0.909. The third-order valence-corrected chi connectivity index (χ3v) is 2.71. The summed E-state index contributed by atoms with van der Waals surface area (Å²) in [6, 6.07) is 0.428. The van der Waals surface area contributed by atoms with Crippen LogP contribution in [0, 0.1) is 0 Å². The molecular formula is C11H22N2O2. The van der Waals surface area contributed by atoms with Gasteiger partial charge in [0.05, 0.1) is 6.61 Å². The van der Waals surface area contributed by atoms with E-state index in [-0.39, 0.29) is 6.09 Å². The molecule has 0 spiro atoms. The summed E-state index contributed by atoms with van der Waals surface area (Å²) in [5, 5.41) is 0. The van der Waals surface area contributed by atoms with E-state index in [2.05, 4.69) is 17.8 Å². The van der Waals surface area contributed by atoms with Crippen molar-refractivity contribution in [3.05, 3.63) is 0 Å². The van der Waals surface area contributed by atoms with E-state index in [1.54, 1.807) is 0 Å². The number of carbonyl (C=O) groups excluding carboxylic acids is 1. The minimum absolute atomic E-state index is 0.353. The first-order valence-electron chi connectivity index (χ1n) is 6.01. The second-order valence-corrected chi connectivity index (χ2v) is 4.09. The molecular weight excluding hydrogens is 192 g/mol. The van der Waals surface area contributed by atoms with Gasteiger partial charge in [0.2, 0.25) is 0 Å². The molecule has 0 radical (unpaired) electrons. The SMILES string of the molecule is CCCCOC(=O)NNC1CCCCC1. The van der Waals surface area contributed by atoms with E-state index < -0.39 is 0 Å². The van der Waals surface area contributed by atoms with Crippen molar-refractivity contribution in [2.24, 2.45) is 0 Å². The van der Waals surface area contributed by atoms with Crippen molar-refractivity contribution >= 4 is 6.09 Å². The zero-order chi connectivity index (χ0) is 10.9. The van der Waals surface area contributed by atoms with Crippen molar-refractivity contribution in [2.45, 2.75) is 57.9 Å².